The first kappa shape index (κ1) is 27.5. The molecule has 0 aliphatic rings. The highest BCUT2D eigenvalue weighted by Gasteiger charge is 2.90. The zero-order valence-electron chi connectivity index (χ0n) is 14.8. The molecule has 0 aromatic carbocycles. The molecule has 0 spiro atoms. The van der Waals surface area contributed by atoms with E-state index >= 15 is 0 Å². The van der Waals surface area contributed by atoms with Crippen molar-refractivity contribution in [3.05, 3.63) is 0 Å². The van der Waals surface area contributed by atoms with Crippen LogP contribution in [0.5, 0.6) is 0 Å². The Kier molecular flexibility index (Phi) is 7.49. The van der Waals surface area contributed by atoms with Crippen molar-refractivity contribution < 1.29 is 61.2 Å². The van der Waals surface area contributed by atoms with Crippen molar-refractivity contribution in [3.63, 3.8) is 0 Å². The van der Waals surface area contributed by atoms with Gasteiger partial charge in [-0.2, -0.15) is 57.1 Å². The van der Waals surface area contributed by atoms with Crippen molar-refractivity contribution in [2.45, 2.75) is 74.4 Å². The second-order valence-corrected chi connectivity index (χ2v) is 14.0. The molecule has 16 heteroatoms. The lowest BCUT2D eigenvalue weighted by Gasteiger charge is -2.40. The maximum absolute atomic E-state index is 13.7. The van der Waals surface area contributed by atoms with Crippen molar-refractivity contribution in [2.24, 2.45) is 0 Å². The second kappa shape index (κ2) is 7.63. The molecule has 1 nitrogen and oxygen atoms in total. The third-order valence-corrected chi connectivity index (χ3v) is 9.49. The van der Waals surface area contributed by atoms with Crippen LogP contribution in [0, 0.1) is 0 Å². The molecule has 0 heterocycles. The van der Waals surface area contributed by atoms with Gasteiger partial charge in [-0.15, -0.1) is 0 Å². The molecule has 0 fully saturated rings. The Morgan fingerprint density at radius 2 is 1.00 bits per heavy atom. The van der Waals surface area contributed by atoms with Crippen LogP contribution in [0.4, 0.5) is 57.1 Å². The number of rotatable bonds is 9. The van der Waals surface area contributed by atoms with Gasteiger partial charge in [-0.25, -0.2) is 0 Å². The third kappa shape index (κ3) is 4.79. The van der Waals surface area contributed by atoms with Crippen LogP contribution in [0.2, 0.25) is 32.2 Å². The summed E-state index contributed by atoms with van der Waals surface area (Å²) < 4.78 is 174. The topological polar surface area (TPSA) is 9.23 Å². The van der Waals surface area contributed by atoms with Crippen molar-refractivity contribution in [3.8, 4) is 0 Å². The minimum Gasteiger partial charge on any atom is -0.458 e. The van der Waals surface area contributed by atoms with Gasteiger partial charge < -0.3 is 4.12 Å². The second-order valence-electron chi connectivity index (χ2n) is 6.93. The molecule has 0 saturated heterocycles. The van der Waals surface area contributed by atoms with Crippen LogP contribution in [0.25, 0.3) is 0 Å². The Hall–Kier alpha value is -0.516. The molecular formula is C12H17F13OSi2. The molecule has 0 saturated carbocycles. The van der Waals surface area contributed by atoms with E-state index in [0.717, 1.165) is 0 Å². The Morgan fingerprint density at radius 1 is 0.643 bits per heavy atom. The van der Waals surface area contributed by atoms with Gasteiger partial charge in [-0.1, -0.05) is 0 Å². The van der Waals surface area contributed by atoms with Crippen molar-refractivity contribution in [2.75, 3.05) is 0 Å². The standard InChI is InChI=1S/C12H17F13OSi2/c1-27(2)26-28(3,4)6-5-7(13,14)8(15,16)9(17,18)10(19,20)11(21,22)12(23,24)25/h27H,5-6H2,1-4H3. The van der Waals surface area contributed by atoms with Crippen LogP contribution < -0.4 is 0 Å². The van der Waals surface area contributed by atoms with E-state index < -0.39 is 65.6 Å². The molecule has 0 unspecified atom stereocenters. The molecule has 0 amide bonds. The first-order valence-electron chi connectivity index (χ1n) is 7.51. The molecule has 0 rings (SSSR count). The molecule has 0 aromatic heterocycles. The molecule has 0 bridgehead atoms. The van der Waals surface area contributed by atoms with Gasteiger partial charge in [0, 0.05) is 6.42 Å². The van der Waals surface area contributed by atoms with E-state index in [1.807, 2.05) is 0 Å². The molecule has 0 atom stereocenters. The third-order valence-electron chi connectivity index (χ3n) is 3.59. The summed E-state index contributed by atoms with van der Waals surface area (Å²) in [5.41, 5.74) is 0. The fraction of sp³-hybridized carbons (Fsp3) is 1.00. The highest BCUT2D eigenvalue weighted by Crippen LogP contribution is 2.60. The number of alkyl halides is 13. The average molecular weight is 480 g/mol. The molecule has 0 radical (unpaired) electrons. The van der Waals surface area contributed by atoms with Gasteiger partial charge in [-0.05, 0) is 32.2 Å². The largest absolute Gasteiger partial charge is 0.460 e. The monoisotopic (exact) mass is 480 g/mol. The number of hydrogen-bond acceptors (Lipinski definition) is 1. The molecule has 0 aliphatic carbocycles. The fourth-order valence-corrected chi connectivity index (χ4v) is 8.61. The lowest BCUT2D eigenvalue weighted by molar-refractivity contribution is -0.439. The normalized spacial score (nSPS) is 16.1. The molecular weight excluding hydrogens is 463 g/mol. The minimum atomic E-state index is -7.85. The molecule has 0 N–H and O–H groups in total. The van der Waals surface area contributed by atoms with Crippen LogP contribution in [0.1, 0.15) is 6.42 Å². The zero-order chi connectivity index (χ0) is 23.2. The molecule has 0 aromatic rings. The van der Waals surface area contributed by atoms with E-state index in [0.29, 0.717) is 0 Å². The van der Waals surface area contributed by atoms with Gasteiger partial charge in [-0.3, -0.25) is 0 Å². The highest BCUT2D eigenvalue weighted by molar-refractivity contribution is 6.77. The summed E-state index contributed by atoms with van der Waals surface area (Å²) in [4.78, 5) is 0. The first-order valence-corrected chi connectivity index (χ1v) is 13.4. The number of hydrogen-bond donors (Lipinski definition) is 0. The van der Waals surface area contributed by atoms with E-state index in [9.17, 15) is 57.1 Å². The van der Waals surface area contributed by atoms with Crippen molar-refractivity contribution in [1.29, 1.82) is 0 Å². The van der Waals surface area contributed by atoms with Gasteiger partial charge in [0.1, 0.15) is 0 Å². The summed E-state index contributed by atoms with van der Waals surface area (Å²) in [5.74, 6) is -36.5. The van der Waals surface area contributed by atoms with Gasteiger partial charge in [0.15, 0.2) is 17.4 Å². The van der Waals surface area contributed by atoms with Gasteiger partial charge in [0.2, 0.25) is 0 Å². The van der Waals surface area contributed by atoms with Gasteiger partial charge in [0.05, 0.1) is 0 Å². The van der Waals surface area contributed by atoms with Crippen LogP contribution >= 0.6 is 0 Å². The average Bonchev–Trinajstić information content (AvgIpc) is 2.42. The Bertz CT molecular complexity index is 542. The quantitative estimate of drug-likeness (QED) is 0.277. The summed E-state index contributed by atoms with van der Waals surface area (Å²) in [7, 11) is -5.03. The lowest BCUT2D eigenvalue weighted by atomic mass is 9.93. The zero-order valence-corrected chi connectivity index (χ0v) is 17.0. The van der Waals surface area contributed by atoms with Crippen LogP contribution in [-0.4, -0.2) is 53.1 Å². The number of halogens is 13. The highest BCUT2D eigenvalue weighted by atomic mass is 28.4. The fourth-order valence-electron chi connectivity index (χ4n) is 2.11. The predicted octanol–water partition coefficient (Wildman–Crippen LogP) is 6.32. The Labute approximate surface area is 154 Å². The Morgan fingerprint density at radius 3 is 1.32 bits per heavy atom. The lowest BCUT2D eigenvalue weighted by Crippen LogP contribution is -2.70. The van der Waals surface area contributed by atoms with E-state index in [1.54, 1.807) is 13.1 Å². The summed E-state index contributed by atoms with van der Waals surface area (Å²) in [5, 5.41) is 0. The van der Waals surface area contributed by atoms with Crippen molar-refractivity contribution >= 4 is 17.4 Å². The van der Waals surface area contributed by atoms with Crippen LogP contribution in [-0.2, 0) is 4.12 Å². The van der Waals surface area contributed by atoms with E-state index in [2.05, 4.69) is 0 Å². The SMILES string of the molecule is C[SiH](C)O[Si](C)(C)CCC(F)(F)C(F)(F)C(F)(F)C(F)(F)C(F)(F)C(F)(F)F. The molecule has 0 aliphatic heterocycles. The molecule has 170 valence electrons. The Balaban J connectivity index is 5.93. The summed E-state index contributed by atoms with van der Waals surface area (Å²) in [6, 6.07) is -0.960. The van der Waals surface area contributed by atoms with Gasteiger partial charge >= 0.3 is 35.8 Å². The van der Waals surface area contributed by atoms with E-state index in [1.165, 1.54) is 13.1 Å². The molecule has 28 heavy (non-hydrogen) atoms. The van der Waals surface area contributed by atoms with Crippen LogP contribution in [0.3, 0.4) is 0 Å². The predicted molar refractivity (Wildman–Crippen MR) is 77.7 cm³/mol. The van der Waals surface area contributed by atoms with E-state index in [4.69, 9.17) is 4.12 Å². The summed E-state index contributed by atoms with van der Waals surface area (Å²) in [6.45, 7) is 5.60. The van der Waals surface area contributed by atoms with Crippen molar-refractivity contribution in [1.82, 2.24) is 0 Å². The first-order chi connectivity index (χ1) is 11.9. The van der Waals surface area contributed by atoms with E-state index in [-0.39, 0.29) is 0 Å². The van der Waals surface area contributed by atoms with Crippen LogP contribution in [0.15, 0.2) is 0 Å². The maximum Gasteiger partial charge on any atom is 0.460 e. The maximum atomic E-state index is 13.7. The summed E-state index contributed by atoms with van der Waals surface area (Å²) in [6.07, 6.45) is -9.57. The van der Waals surface area contributed by atoms with Gasteiger partial charge in [0.25, 0.3) is 0 Å². The smallest absolute Gasteiger partial charge is 0.458 e. The minimum absolute atomic E-state index is 0.960. The summed E-state index contributed by atoms with van der Waals surface area (Å²) >= 11 is 0.